The molecular formula is C15H17N3S2. The molecule has 1 aliphatic heterocycles. The fourth-order valence-corrected chi connectivity index (χ4v) is 3.85. The fraction of sp³-hybridized carbons (Fsp3) is 0.333. The number of rotatable bonds is 4. The number of benzene rings is 1. The van der Waals surface area contributed by atoms with Crippen molar-refractivity contribution in [3.8, 4) is 0 Å². The predicted molar refractivity (Wildman–Crippen MR) is 87.5 cm³/mol. The maximum absolute atomic E-state index is 4.78. The van der Waals surface area contributed by atoms with Crippen LogP contribution in [0, 0.1) is 0 Å². The molecule has 20 heavy (non-hydrogen) atoms. The molecule has 0 radical (unpaired) electrons. The first-order valence-electron chi connectivity index (χ1n) is 6.72. The molecule has 1 N–H and O–H groups in total. The summed E-state index contributed by atoms with van der Waals surface area (Å²) in [5.41, 5.74) is 1.36. The average Bonchev–Trinajstić information content (AvgIpc) is 3.11. The van der Waals surface area contributed by atoms with Crippen LogP contribution in [0.2, 0.25) is 0 Å². The van der Waals surface area contributed by atoms with Crippen molar-refractivity contribution < 1.29 is 0 Å². The summed E-state index contributed by atoms with van der Waals surface area (Å²) in [5, 5.41) is 7.63. The van der Waals surface area contributed by atoms with Crippen molar-refractivity contribution in [1.29, 1.82) is 0 Å². The van der Waals surface area contributed by atoms with Crippen LogP contribution < -0.4 is 5.32 Å². The summed E-state index contributed by atoms with van der Waals surface area (Å²) in [6.07, 6.45) is 2.87. The highest BCUT2D eigenvalue weighted by Crippen LogP contribution is 2.23. The van der Waals surface area contributed by atoms with Gasteiger partial charge in [-0.2, -0.15) is 0 Å². The molecule has 2 unspecified atom stereocenters. The molecule has 0 fully saturated rings. The van der Waals surface area contributed by atoms with Gasteiger partial charge in [-0.15, -0.1) is 11.3 Å². The van der Waals surface area contributed by atoms with E-state index < -0.39 is 0 Å². The number of hydrogen-bond acceptors (Lipinski definition) is 5. The van der Waals surface area contributed by atoms with Crippen LogP contribution in [0.5, 0.6) is 0 Å². The molecule has 0 amide bonds. The maximum atomic E-state index is 4.78. The molecule has 1 aromatic carbocycles. The van der Waals surface area contributed by atoms with Gasteiger partial charge in [-0.25, -0.2) is 4.98 Å². The Morgan fingerprint density at radius 3 is 2.95 bits per heavy atom. The molecule has 5 heteroatoms. The first kappa shape index (κ1) is 13.6. The van der Waals surface area contributed by atoms with E-state index in [0.29, 0.717) is 6.04 Å². The molecule has 0 bridgehead atoms. The predicted octanol–water partition coefficient (Wildman–Crippen LogP) is 3.51. The third-order valence-corrected chi connectivity index (χ3v) is 5.19. The fourth-order valence-electron chi connectivity index (χ4n) is 2.18. The quantitative estimate of drug-likeness (QED) is 0.939. The number of thioether (sulfide) groups is 1. The van der Waals surface area contributed by atoms with E-state index in [1.807, 2.05) is 23.3 Å². The number of aliphatic imine (C=N–C) groups is 1. The zero-order valence-corrected chi connectivity index (χ0v) is 13.0. The number of nitrogens with one attached hydrogen (secondary N) is 1. The largest absolute Gasteiger partial charge is 0.356 e. The van der Waals surface area contributed by atoms with Gasteiger partial charge in [0.05, 0.1) is 12.1 Å². The van der Waals surface area contributed by atoms with Gasteiger partial charge in [0, 0.05) is 17.3 Å². The van der Waals surface area contributed by atoms with Crippen molar-refractivity contribution in [2.75, 3.05) is 5.75 Å². The molecule has 3 nitrogen and oxygen atoms in total. The number of nitrogens with zero attached hydrogens (tertiary/aromatic N) is 2. The van der Waals surface area contributed by atoms with Crippen molar-refractivity contribution in [3.05, 3.63) is 52.5 Å². The topological polar surface area (TPSA) is 37.3 Å². The van der Waals surface area contributed by atoms with Crippen molar-refractivity contribution in [2.45, 2.75) is 25.4 Å². The number of amidine groups is 1. The summed E-state index contributed by atoms with van der Waals surface area (Å²) in [5.74, 6) is 1.06. The number of hydrogen-bond donors (Lipinski definition) is 1. The molecule has 1 aromatic heterocycles. The van der Waals surface area contributed by atoms with E-state index in [1.54, 1.807) is 11.3 Å². The minimum Gasteiger partial charge on any atom is -0.356 e. The SMILES string of the molecule is CC(NC1=NC(Cc2ccccc2)CS1)c1nccs1. The Kier molecular flexibility index (Phi) is 4.38. The first-order valence-corrected chi connectivity index (χ1v) is 8.58. The minimum absolute atomic E-state index is 0.233. The van der Waals surface area contributed by atoms with Crippen LogP contribution in [0.1, 0.15) is 23.5 Å². The summed E-state index contributed by atoms with van der Waals surface area (Å²) in [4.78, 5) is 9.12. The van der Waals surface area contributed by atoms with Gasteiger partial charge < -0.3 is 5.32 Å². The lowest BCUT2D eigenvalue weighted by molar-refractivity contribution is 0.704. The second-order valence-electron chi connectivity index (χ2n) is 4.83. The van der Waals surface area contributed by atoms with Crippen molar-refractivity contribution in [2.24, 2.45) is 4.99 Å². The Morgan fingerprint density at radius 1 is 1.35 bits per heavy atom. The van der Waals surface area contributed by atoms with E-state index in [9.17, 15) is 0 Å². The number of aromatic nitrogens is 1. The highest BCUT2D eigenvalue weighted by molar-refractivity contribution is 8.14. The number of thiazole rings is 1. The molecule has 2 atom stereocenters. The van der Waals surface area contributed by atoms with E-state index in [4.69, 9.17) is 4.99 Å². The van der Waals surface area contributed by atoms with Gasteiger partial charge in [0.1, 0.15) is 5.01 Å². The van der Waals surface area contributed by atoms with Crippen LogP contribution in [0.3, 0.4) is 0 Å². The van der Waals surface area contributed by atoms with E-state index in [-0.39, 0.29) is 6.04 Å². The first-order chi connectivity index (χ1) is 9.81. The van der Waals surface area contributed by atoms with Crippen LogP contribution in [0.4, 0.5) is 0 Å². The monoisotopic (exact) mass is 303 g/mol. The zero-order chi connectivity index (χ0) is 13.8. The molecule has 3 rings (SSSR count). The van der Waals surface area contributed by atoms with Crippen LogP contribution >= 0.6 is 23.1 Å². The second kappa shape index (κ2) is 6.41. The van der Waals surface area contributed by atoms with E-state index >= 15 is 0 Å². The van der Waals surface area contributed by atoms with Gasteiger partial charge in [-0.3, -0.25) is 4.99 Å². The lowest BCUT2D eigenvalue weighted by Crippen LogP contribution is -2.22. The van der Waals surface area contributed by atoms with Crippen LogP contribution in [0.15, 0.2) is 46.9 Å². The Hall–Kier alpha value is -1.33. The Labute approximate surface area is 127 Å². The highest BCUT2D eigenvalue weighted by atomic mass is 32.2. The van der Waals surface area contributed by atoms with Gasteiger partial charge in [0.2, 0.25) is 0 Å². The highest BCUT2D eigenvalue weighted by Gasteiger charge is 2.20. The van der Waals surface area contributed by atoms with E-state index in [1.165, 1.54) is 5.56 Å². The summed E-state index contributed by atoms with van der Waals surface area (Å²) in [7, 11) is 0. The maximum Gasteiger partial charge on any atom is 0.157 e. The normalized spacial score (nSPS) is 19.6. The minimum atomic E-state index is 0.233. The lowest BCUT2D eigenvalue weighted by atomic mass is 10.1. The third kappa shape index (κ3) is 3.41. The Bertz CT molecular complexity index is 566. The average molecular weight is 303 g/mol. The standard InChI is InChI=1S/C15H17N3S2/c1-11(14-16-7-8-19-14)17-15-18-13(10-20-15)9-12-5-3-2-4-6-12/h2-8,11,13H,9-10H2,1H3,(H,17,18). The molecular weight excluding hydrogens is 286 g/mol. The summed E-state index contributed by atoms with van der Waals surface area (Å²) in [6.45, 7) is 2.13. The molecule has 0 saturated carbocycles. The summed E-state index contributed by atoms with van der Waals surface area (Å²) < 4.78 is 0. The van der Waals surface area contributed by atoms with Gasteiger partial charge in [0.15, 0.2) is 5.17 Å². The lowest BCUT2D eigenvalue weighted by Gasteiger charge is -2.11. The smallest absolute Gasteiger partial charge is 0.157 e. The van der Waals surface area contributed by atoms with Crippen LogP contribution in [-0.4, -0.2) is 21.9 Å². The third-order valence-electron chi connectivity index (χ3n) is 3.19. The Morgan fingerprint density at radius 2 is 2.20 bits per heavy atom. The molecule has 2 aromatic rings. The van der Waals surface area contributed by atoms with Crippen molar-refractivity contribution in [3.63, 3.8) is 0 Å². The zero-order valence-electron chi connectivity index (χ0n) is 11.3. The van der Waals surface area contributed by atoms with Gasteiger partial charge in [-0.05, 0) is 18.9 Å². The summed E-state index contributed by atoms with van der Waals surface area (Å²) >= 11 is 3.49. The van der Waals surface area contributed by atoms with E-state index in [2.05, 4.69) is 47.6 Å². The second-order valence-corrected chi connectivity index (χ2v) is 6.76. The van der Waals surface area contributed by atoms with Crippen molar-refractivity contribution >= 4 is 28.3 Å². The molecule has 104 valence electrons. The van der Waals surface area contributed by atoms with Crippen molar-refractivity contribution in [1.82, 2.24) is 10.3 Å². The van der Waals surface area contributed by atoms with Gasteiger partial charge >= 0.3 is 0 Å². The molecule has 1 aliphatic rings. The summed E-state index contributed by atoms with van der Waals surface area (Å²) in [6, 6.07) is 11.2. The molecule has 0 aliphatic carbocycles. The van der Waals surface area contributed by atoms with Gasteiger partial charge in [-0.1, -0.05) is 42.1 Å². The molecule has 0 spiro atoms. The van der Waals surface area contributed by atoms with E-state index in [0.717, 1.165) is 22.3 Å². The molecule has 2 heterocycles. The van der Waals surface area contributed by atoms with Crippen LogP contribution in [0.25, 0.3) is 0 Å². The Balaban J connectivity index is 1.58. The van der Waals surface area contributed by atoms with Gasteiger partial charge in [0.25, 0.3) is 0 Å². The molecule has 0 saturated heterocycles. The van der Waals surface area contributed by atoms with Crippen LogP contribution in [-0.2, 0) is 6.42 Å².